The van der Waals surface area contributed by atoms with Gasteiger partial charge in [-0.25, -0.2) is 4.39 Å². The Morgan fingerprint density at radius 3 is 2.33 bits per heavy atom. The van der Waals surface area contributed by atoms with Gasteiger partial charge < -0.3 is 11.1 Å². The van der Waals surface area contributed by atoms with Crippen LogP contribution in [-0.2, 0) is 23.1 Å². The first-order chi connectivity index (χ1) is 18.6. The number of amidine groups is 1. The molecule has 1 aliphatic heterocycles. The summed E-state index contributed by atoms with van der Waals surface area (Å²) in [5.41, 5.74) is 5.21. The number of carbonyl (C=O) groups is 1. The van der Waals surface area contributed by atoms with Crippen LogP contribution in [0.5, 0.6) is 0 Å². The van der Waals surface area contributed by atoms with Crippen LogP contribution in [-0.4, -0.2) is 49.4 Å². The quantitative estimate of drug-likeness (QED) is 0.164. The fourth-order valence-electron chi connectivity index (χ4n) is 5.00. The maximum absolute atomic E-state index is 14.7. The van der Waals surface area contributed by atoms with E-state index in [0.29, 0.717) is 22.6 Å². The Kier molecular flexibility index (Phi) is 8.77. The molecule has 2 aromatic rings. The number of nitrogens with one attached hydrogen (secondary N) is 1. The first-order valence-electron chi connectivity index (χ1n) is 12.2. The van der Waals surface area contributed by atoms with Crippen LogP contribution >= 0.6 is 34.5 Å². The van der Waals surface area contributed by atoms with E-state index in [1.54, 1.807) is 5.32 Å². The van der Waals surface area contributed by atoms with E-state index in [1.807, 2.05) is 0 Å². The lowest BCUT2D eigenvalue weighted by molar-refractivity contribution is -0.191. The largest absolute Gasteiger partial charge is 0.405 e. The zero-order chi connectivity index (χ0) is 29.5. The standard InChI is InChI=1S/C25H23Cl2F7N4OS/c26-15-7-12(8-16(27)19(15)28)23(25(32,33)34)5-6-36-17(9-23)20-13-3-1-2-4-14(13)21(40-20)22(35)37-10-18(39)38-11-24(29,30)31/h7-8H,1-6,9-11H2,(H2,35,37)(H,38,39). The van der Waals surface area contributed by atoms with Crippen molar-refractivity contribution in [2.45, 2.75) is 56.3 Å². The molecule has 15 heteroatoms. The third kappa shape index (κ3) is 6.25. The number of nitrogens with zero attached hydrogens (tertiary/aromatic N) is 2. The van der Waals surface area contributed by atoms with Gasteiger partial charge >= 0.3 is 12.4 Å². The van der Waals surface area contributed by atoms with E-state index < -0.39 is 65.5 Å². The van der Waals surface area contributed by atoms with Gasteiger partial charge in [0.15, 0.2) is 5.82 Å². The number of amides is 1. The topological polar surface area (TPSA) is 79.8 Å². The van der Waals surface area contributed by atoms with Crippen LogP contribution in [0, 0.1) is 5.82 Å². The monoisotopic (exact) mass is 630 g/mol. The number of hydrogen-bond acceptors (Lipinski definition) is 4. The average molecular weight is 631 g/mol. The predicted octanol–water partition coefficient (Wildman–Crippen LogP) is 6.54. The van der Waals surface area contributed by atoms with Gasteiger partial charge in [-0.3, -0.25) is 14.8 Å². The molecule has 1 aromatic heterocycles. The number of alkyl halides is 6. The van der Waals surface area contributed by atoms with Crippen molar-refractivity contribution in [2.75, 3.05) is 19.6 Å². The second-order valence-electron chi connectivity index (χ2n) is 9.61. The minimum absolute atomic E-state index is 0.0906. The molecule has 1 aromatic carbocycles. The highest BCUT2D eigenvalue weighted by atomic mass is 35.5. The zero-order valence-corrected chi connectivity index (χ0v) is 23.0. The maximum Gasteiger partial charge on any atom is 0.405 e. The van der Waals surface area contributed by atoms with Crippen LogP contribution < -0.4 is 11.1 Å². The number of benzene rings is 1. The molecule has 2 aliphatic rings. The summed E-state index contributed by atoms with van der Waals surface area (Å²) in [5.74, 6) is -2.07. The lowest BCUT2D eigenvalue weighted by atomic mass is 9.71. The van der Waals surface area contributed by atoms with Crippen molar-refractivity contribution in [3.63, 3.8) is 0 Å². The lowest BCUT2D eigenvalue weighted by Gasteiger charge is -2.39. The molecule has 40 heavy (non-hydrogen) atoms. The molecule has 3 N–H and O–H groups in total. The molecule has 1 unspecified atom stereocenters. The summed E-state index contributed by atoms with van der Waals surface area (Å²) in [4.78, 5) is 21.1. The van der Waals surface area contributed by atoms with Crippen molar-refractivity contribution in [2.24, 2.45) is 15.7 Å². The van der Waals surface area contributed by atoms with E-state index in [1.165, 1.54) is 0 Å². The molecule has 0 saturated carbocycles. The lowest BCUT2D eigenvalue weighted by Crippen LogP contribution is -2.47. The fourth-order valence-corrected chi connectivity index (χ4v) is 6.81. The first kappa shape index (κ1) is 30.6. The number of halogens is 9. The summed E-state index contributed by atoms with van der Waals surface area (Å²) in [6.07, 6.45) is -7.56. The van der Waals surface area contributed by atoms with Crippen molar-refractivity contribution >= 4 is 52.0 Å². The van der Waals surface area contributed by atoms with Crippen LogP contribution in [0.2, 0.25) is 10.0 Å². The summed E-state index contributed by atoms with van der Waals surface area (Å²) in [6.45, 7) is -2.31. The van der Waals surface area contributed by atoms with E-state index in [2.05, 4.69) is 9.98 Å². The number of hydrogen-bond donors (Lipinski definition) is 2. The van der Waals surface area contributed by atoms with E-state index in [-0.39, 0.29) is 23.7 Å². The van der Waals surface area contributed by atoms with Gasteiger partial charge in [0.25, 0.3) is 0 Å². The molecule has 1 aliphatic carbocycles. The Labute approximate surface area is 238 Å². The average Bonchev–Trinajstić information content (AvgIpc) is 3.28. The molecule has 0 bridgehead atoms. The smallest absolute Gasteiger partial charge is 0.383 e. The third-order valence-corrected chi connectivity index (χ3v) is 8.88. The first-order valence-corrected chi connectivity index (χ1v) is 13.7. The van der Waals surface area contributed by atoms with Crippen LogP contribution in [0.1, 0.15) is 52.1 Å². The Hall–Kier alpha value is -2.38. The highest BCUT2D eigenvalue weighted by molar-refractivity contribution is 7.16. The summed E-state index contributed by atoms with van der Waals surface area (Å²) in [7, 11) is 0. The van der Waals surface area contributed by atoms with E-state index in [9.17, 15) is 35.5 Å². The maximum atomic E-state index is 14.7. The van der Waals surface area contributed by atoms with Gasteiger partial charge in [-0.15, -0.1) is 11.3 Å². The van der Waals surface area contributed by atoms with E-state index >= 15 is 0 Å². The predicted molar refractivity (Wildman–Crippen MR) is 140 cm³/mol. The van der Waals surface area contributed by atoms with Crippen molar-refractivity contribution in [1.29, 1.82) is 0 Å². The number of aliphatic imine (C=N–C) groups is 2. The molecule has 0 spiro atoms. The number of thiophene rings is 1. The van der Waals surface area contributed by atoms with Crippen molar-refractivity contribution < 1.29 is 35.5 Å². The summed E-state index contributed by atoms with van der Waals surface area (Å²) in [5, 5.41) is 0.669. The highest BCUT2D eigenvalue weighted by Crippen LogP contribution is 2.51. The number of rotatable bonds is 6. The zero-order valence-electron chi connectivity index (χ0n) is 20.7. The molecule has 1 amide bonds. The normalized spacial score (nSPS) is 20.2. The minimum Gasteiger partial charge on any atom is -0.383 e. The Morgan fingerprint density at radius 1 is 1.10 bits per heavy atom. The van der Waals surface area contributed by atoms with Gasteiger partial charge in [0.1, 0.15) is 18.9 Å². The van der Waals surface area contributed by atoms with Crippen molar-refractivity contribution in [1.82, 2.24) is 5.32 Å². The molecule has 218 valence electrons. The summed E-state index contributed by atoms with van der Waals surface area (Å²) >= 11 is 12.8. The molecule has 0 fully saturated rings. The van der Waals surface area contributed by atoms with Crippen LogP contribution in [0.25, 0.3) is 0 Å². The Morgan fingerprint density at radius 2 is 1.73 bits per heavy atom. The molecular formula is C25H23Cl2F7N4OS. The van der Waals surface area contributed by atoms with Gasteiger partial charge in [-0.2, -0.15) is 26.3 Å². The van der Waals surface area contributed by atoms with Crippen LogP contribution in [0.15, 0.2) is 22.1 Å². The number of carbonyl (C=O) groups excluding carboxylic acids is 1. The number of nitrogens with two attached hydrogens (primary N) is 1. The molecule has 5 nitrogen and oxygen atoms in total. The van der Waals surface area contributed by atoms with Crippen molar-refractivity contribution in [3.05, 3.63) is 54.4 Å². The third-order valence-electron chi connectivity index (χ3n) is 6.98. The highest BCUT2D eigenvalue weighted by Gasteiger charge is 2.57. The molecule has 4 rings (SSSR count). The fraction of sp³-hybridized carbons (Fsp3) is 0.480. The molecule has 2 heterocycles. The van der Waals surface area contributed by atoms with Gasteiger partial charge in [-0.1, -0.05) is 23.2 Å². The second kappa shape index (κ2) is 11.5. The second-order valence-corrected chi connectivity index (χ2v) is 11.4. The minimum atomic E-state index is -4.75. The van der Waals surface area contributed by atoms with Gasteiger partial charge in [-0.05, 0) is 60.9 Å². The summed E-state index contributed by atoms with van der Waals surface area (Å²) in [6, 6.07) is 1.89. The Bertz CT molecular complexity index is 1350. The molecule has 0 saturated heterocycles. The Balaban J connectivity index is 1.69. The van der Waals surface area contributed by atoms with Crippen LogP contribution in [0.4, 0.5) is 30.7 Å². The van der Waals surface area contributed by atoms with Crippen molar-refractivity contribution in [3.8, 4) is 0 Å². The van der Waals surface area contributed by atoms with E-state index in [4.69, 9.17) is 28.9 Å². The SMILES string of the molecule is NC(=NCC(=O)NCC(F)(F)F)c1sc(C2=NCCC(c3cc(Cl)c(F)c(Cl)c3)(C(F)(F)F)C2)c2c1CCCC2. The van der Waals surface area contributed by atoms with Gasteiger partial charge in [0.2, 0.25) is 5.91 Å². The van der Waals surface area contributed by atoms with Gasteiger partial charge in [0.05, 0.1) is 30.9 Å². The molecule has 0 radical (unpaired) electrons. The van der Waals surface area contributed by atoms with E-state index in [0.717, 1.165) is 47.4 Å². The molecule has 1 atom stereocenters. The summed E-state index contributed by atoms with van der Waals surface area (Å²) < 4.78 is 95.3. The van der Waals surface area contributed by atoms with Crippen LogP contribution in [0.3, 0.4) is 0 Å². The van der Waals surface area contributed by atoms with Gasteiger partial charge in [0, 0.05) is 13.0 Å². The molecular weight excluding hydrogens is 608 g/mol. The number of fused-ring (bicyclic) bond motifs is 1.